The van der Waals surface area contributed by atoms with Crippen LogP contribution in [-0.4, -0.2) is 28.6 Å². The lowest BCUT2D eigenvalue weighted by Crippen LogP contribution is -2.20. The van der Waals surface area contributed by atoms with Crippen LogP contribution in [-0.2, 0) is 13.5 Å². The lowest BCUT2D eigenvalue weighted by atomic mass is 9.94. The SMILES string of the molecule is CNCC(Cc1cn(C)nn1)c1ccccc1F. The molecule has 0 aliphatic heterocycles. The molecule has 1 aromatic carbocycles. The Balaban J connectivity index is 2.20. The van der Waals surface area contributed by atoms with Crippen molar-refractivity contribution in [2.75, 3.05) is 13.6 Å². The summed E-state index contributed by atoms with van der Waals surface area (Å²) in [6.07, 6.45) is 2.54. The highest BCUT2D eigenvalue weighted by Gasteiger charge is 2.16. The fourth-order valence-electron chi connectivity index (χ4n) is 2.09. The van der Waals surface area contributed by atoms with Crippen molar-refractivity contribution in [3.63, 3.8) is 0 Å². The van der Waals surface area contributed by atoms with E-state index in [9.17, 15) is 4.39 Å². The third-order valence-electron chi connectivity index (χ3n) is 2.90. The Hall–Kier alpha value is -1.75. The van der Waals surface area contributed by atoms with Gasteiger partial charge in [-0.3, -0.25) is 4.68 Å². The third-order valence-corrected chi connectivity index (χ3v) is 2.90. The molecule has 2 rings (SSSR count). The number of hydrogen-bond donors (Lipinski definition) is 1. The first-order valence-electron chi connectivity index (χ1n) is 5.95. The van der Waals surface area contributed by atoms with E-state index in [1.807, 2.05) is 32.4 Å². The van der Waals surface area contributed by atoms with Crippen LogP contribution >= 0.6 is 0 Å². The fourth-order valence-corrected chi connectivity index (χ4v) is 2.09. The van der Waals surface area contributed by atoms with E-state index in [1.54, 1.807) is 10.7 Å². The number of nitrogens with one attached hydrogen (secondary N) is 1. The smallest absolute Gasteiger partial charge is 0.126 e. The molecule has 1 heterocycles. The Morgan fingerprint density at radius 2 is 2.17 bits per heavy atom. The van der Waals surface area contributed by atoms with E-state index < -0.39 is 0 Å². The lowest BCUT2D eigenvalue weighted by molar-refractivity contribution is 0.553. The molecule has 0 fully saturated rings. The molecular weight excluding hydrogens is 231 g/mol. The molecule has 0 saturated carbocycles. The number of likely N-dealkylation sites (N-methyl/N-ethyl adjacent to an activating group) is 1. The van der Waals surface area contributed by atoms with E-state index in [0.29, 0.717) is 13.0 Å². The summed E-state index contributed by atoms with van der Waals surface area (Å²) in [5.74, 6) is -0.102. The first-order valence-corrected chi connectivity index (χ1v) is 5.95. The molecule has 1 unspecified atom stereocenters. The molecule has 18 heavy (non-hydrogen) atoms. The van der Waals surface area contributed by atoms with Gasteiger partial charge in [-0.1, -0.05) is 23.4 Å². The molecule has 4 nitrogen and oxygen atoms in total. The van der Waals surface area contributed by atoms with E-state index in [0.717, 1.165) is 11.3 Å². The van der Waals surface area contributed by atoms with Crippen LogP contribution in [0.2, 0.25) is 0 Å². The predicted molar refractivity (Wildman–Crippen MR) is 67.8 cm³/mol. The maximum atomic E-state index is 13.8. The lowest BCUT2D eigenvalue weighted by Gasteiger charge is -2.16. The van der Waals surface area contributed by atoms with E-state index >= 15 is 0 Å². The van der Waals surface area contributed by atoms with E-state index in [4.69, 9.17) is 0 Å². The van der Waals surface area contributed by atoms with E-state index in [-0.39, 0.29) is 11.7 Å². The van der Waals surface area contributed by atoms with Crippen LogP contribution in [0.5, 0.6) is 0 Å². The topological polar surface area (TPSA) is 42.7 Å². The van der Waals surface area contributed by atoms with Gasteiger partial charge in [-0.25, -0.2) is 4.39 Å². The van der Waals surface area contributed by atoms with Crippen molar-refractivity contribution in [2.45, 2.75) is 12.3 Å². The van der Waals surface area contributed by atoms with Crippen LogP contribution in [0.25, 0.3) is 0 Å². The number of aromatic nitrogens is 3. The molecule has 0 aliphatic carbocycles. The molecule has 0 amide bonds. The van der Waals surface area contributed by atoms with Gasteiger partial charge >= 0.3 is 0 Å². The zero-order chi connectivity index (χ0) is 13.0. The Morgan fingerprint density at radius 3 is 2.78 bits per heavy atom. The summed E-state index contributed by atoms with van der Waals surface area (Å²) in [5, 5.41) is 11.1. The fraction of sp³-hybridized carbons (Fsp3) is 0.385. The number of halogens is 1. The summed E-state index contributed by atoms with van der Waals surface area (Å²) in [6, 6.07) is 6.89. The summed E-state index contributed by atoms with van der Waals surface area (Å²) in [6.45, 7) is 0.706. The predicted octanol–water partition coefficient (Wildman–Crippen LogP) is 1.50. The molecule has 1 aromatic heterocycles. The molecule has 1 N–H and O–H groups in total. The van der Waals surface area contributed by atoms with Crippen molar-refractivity contribution in [3.8, 4) is 0 Å². The third kappa shape index (κ3) is 2.92. The number of benzene rings is 1. The van der Waals surface area contributed by atoms with E-state index in [2.05, 4.69) is 15.6 Å². The summed E-state index contributed by atoms with van der Waals surface area (Å²) < 4.78 is 15.5. The highest BCUT2D eigenvalue weighted by molar-refractivity contribution is 5.23. The highest BCUT2D eigenvalue weighted by atomic mass is 19.1. The van der Waals surface area contributed by atoms with Gasteiger partial charge < -0.3 is 5.32 Å². The van der Waals surface area contributed by atoms with Gasteiger partial charge in [0.05, 0.1) is 5.69 Å². The summed E-state index contributed by atoms with van der Waals surface area (Å²) in [7, 11) is 3.69. The summed E-state index contributed by atoms with van der Waals surface area (Å²) >= 11 is 0. The number of hydrogen-bond acceptors (Lipinski definition) is 3. The normalized spacial score (nSPS) is 12.6. The van der Waals surface area contributed by atoms with Gasteiger partial charge in [-0.2, -0.15) is 0 Å². The molecule has 0 aliphatic rings. The first kappa shape index (κ1) is 12.7. The average molecular weight is 248 g/mol. The Morgan fingerprint density at radius 1 is 1.39 bits per heavy atom. The van der Waals surface area contributed by atoms with Gasteiger partial charge in [0.25, 0.3) is 0 Å². The van der Waals surface area contributed by atoms with Gasteiger partial charge in [0, 0.05) is 32.1 Å². The van der Waals surface area contributed by atoms with Gasteiger partial charge in [-0.15, -0.1) is 5.10 Å². The van der Waals surface area contributed by atoms with Gasteiger partial charge in [-0.05, 0) is 18.7 Å². The van der Waals surface area contributed by atoms with Crippen LogP contribution in [0.4, 0.5) is 4.39 Å². The Labute approximate surface area is 106 Å². The second kappa shape index (κ2) is 5.73. The zero-order valence-electron chi connectivity index (χ0n) is 10.6. The Kier molecular flexibility index (Phi) is 4.04. The monoisotopic (exact) mass is 248 g/mol. The van der Waals surface area contributed by atoms with Crippen LogP contribution in [0.3, 0.4) is 0 Å². The van der Waals surface area contributed by atoms with Crippen LogP contribution in [0.1, 0.15) is 17.2 Å². The summed E-state index contributed by atoms with van der Waals surface area (Å²) in [5.41, 5.74) is 1.60. The van der Waals surface area contributed by atoms with Crippen LogP contribution in [0, 0.1) is 5.82 Å². The molecule has 0 spiro atoms. The van der Waals surface area contributed by atoms with Crippen molar-refractivity contribution in [3.05, 3.63) is 47.5 Å². The van der Waals surface area contributed by atoms with Gasteiger partial charge in [0.2, 0.25) is 0 Å². The van der Waals surface area contributed by atoms with Crippen molar-refractivity contribution in [2.24, 2.45) is 7.05 Å². The van der Waals surface area contributed by atoms with Crippen LogP contribution in [0.15, 0.2) is 30.5 Å². The average Bonchev–Trinajstić information content (AvgIpc) is 2.75. The van der Waals surface area contributed by atoms with Crippen molar-refractivity contribution in [1.29, 1.82) is 0 Å². The van der Waals surface area contributed by atoms with Gasteiger partial charge in [0.1, 0.15) is 5.82 Å². The maximum absolute atomic E-state index is 13.8. The molecule has 0 saturated heterocycles. The summed E-state index contributed by atoms with van der Waals surface area (Å²) in [4.78, 5) is 0. The van der Waals surface area contributed by atoms with Crippen molar-refractivity contribution in [1.82, 2.24) is 20.3 Å². The maximum Gasteiger partial charge on any atom is 0.126 e. The minimum absolute atomic E-state index is 0.0629. The number of rotatable bonds is 5. The second-order valence-electron chi connectivity index (χ2n) is 4.36. The van der Waals surface area contributed by atoms with Crippen LogP contribution < -0.4 is 5.32 Å². The minimum Gasteiger partial charge on any atom is -0.319 e. The first-order chi connectivity index (χ1) is 8.70. The number of aryl methyl sites for hydroxylation is 1. The quantitative estimate of drug-likeness (QED) is 0.872. The highest BCUT2D eigenvalue weighted by Crippen LogP contribution is 2.22. The second-order valence-corrected chi connectivity index (χ2v) is 4.36. The molecular formula is C13H17FN4. The standard InChI is InChI=1S/C13H17FN4/c1-15-8-10(7-11-9-18(2)17-16-11)12-5-3-4-6-13(12)14/h3-6,9-10,15H,7-8H2,1-2H3. The minimum atomic E-state index is -0.165. The van der Waals surface area contributed by atoms with Crippen molar-refractivity contribution >= 4 is 0 Å². The molecule has 96 valence electrons. The molecule has 5 heteroatoms. The zero-order valence-corrected chi connectivity index (χ0v) is 10.6. The number of nitrogens with zero attached hydrogens (tertiary/aromatic N) is 3. The molecule has 0 radical (unpaired) electrons. The largest absolute Gasteiger partial charge is 0.319 e. The molecule has 1 atom stereocenters. The molecule has 0 bridgehead atoms. The van der Waals surface area contributed by atoms with Gasteiger partial charge in [0.15, 0.2) is 0 Å². The molecule has 2 aromatic rings. The Bertz CT molecular complexity index is 509. The van der Waals surface area contributed by atoms with Crippen molar-refractivity contribution < 1.29 is 4.39 Å². The van der Waals surface area contributed by atoms with E-state index in [1.165, 1.54) is 6.07 Å².